The van der Waals surface area contributed by atoms with Gasteiger partial charge in [0.05, 0.1) is 12.0 Å². The van der Waals surface area contributed by atoms with Gasteiger partial charge in [-0.25, -0.2) is 0 Å². The summed E-state index contributed by atoms with van der Waals surface area (Å²) in [6.45, 7) is 2.08. The smallest absolute Gasteiger partial charge is 0.188 e. The van der Waals surface area contributed by atoms with E-state index in [1.165, 1.54) is 0 Å². The van der Waals surface area contributed by atoms with Crippen molar-refractivity contribution >= 4 is 0 Å². The summed E-state index contributed by atoms with van der Waals surface area (Å²) in [5.41, 5.74) is 0.959. The Kier molecular flexibility index (Phi) is 3.96. The zero-order valence-electron chi connectivity index (χ0n) is 8.36. The van der Waals surface area contributed by atoms with Crippen molar-refractivity contribution in [2.45, 2.75) is 12.8 Å². The molecule has 0 aliphatic carbocycles. The van der Waals surface area contributed by atoms with Gasteiger partial charge in [-0.1, -0.05) is 12.1 Å². The summed E-state index contributed by atoms with van der Waals surface area (Å²) < 4.78 is 10.0. The van der Waals surface area contributed by atoms with Gasteiger partial charge in [0.15, 0.2) is 6.79 Å². The number of hydrogen-bond donors (Lipinski definition) is 0. The summed E-state index contributed by atoms with van der Waals surface area (Å²) in [5.74, 6) is 0.618. The highest BCUT2D eigenvalue weighted by Gasteiger charge is 2.04. The number of hydrogen-bond acceptors (Lipinski definition) is 3. The fraction of sp³-hybridized carbons (Fsp3) is 0.364. The van der Waals surface area contributed by atoms with Gasteiger partial charge in [-0.05, 0) is 24.6 Å². The predicted octanol–water partition coefficient (Wildman–Crippen LogP) is 2.30. The summed E-state index contributed by atoms with van der Waals surface area (Å²) in [7, 11) is 1.57. The SMILES string of the molecule is COCOc1cccc(C(C)C#N)c1. The topological polar surface area (TPSA) is 42.2 Å². The van der Waals surface area contributed by atoms with Gasteiger partial charge in [-0.3, -0.25) is 0 Å². The summed E-state index contributed by atoms with van der Waals surface area (Å²) in [5, 5.41) is 8.74. The molecule has 0 bridgehead atoms. The zero-order valence-corrected chi connectivity index (χ0v) is 8.36. The molecule has 3 nitrogen and oxygen atoms in total. The molecule has 74 valence electrons. The Bertz CT molecular complexity index is 330. The van der Waals surface area contributed by atoms with Crippen molar-refractivity contribution in [1.29, 1.82) is 5.26 Å². The summed E-state index contributed by atoms with van der Waals surface area (Å²) in [6.07, 6.45) is 0. The van der Waals surface area contributed by atoms with Crippen LogP contribution in [0, 0.1) is 11.3 Å². The first-order chi connectivity index (χ1) is 6.77. The number of methoxy groups -OCH3 is 1. The van der Waals surface area contributed by atoms with Gasteiger partial charge in [-0.15, -0.1) is 0 Å². The zero-order chi connectivity index (χ0) is 10.4. The molecule has 1 aromatic carbocycles. The van der Waals surface area contributed by atoms with Crippen LogP contribution in [0.2, 0.25) is 0 Å². The second-order valence-electron chi connectivity index (χ2n) is 2.97. The van der Waals surface area contributed by atoms with Crippen molar-refractivity contribution < 1.29 is 9.47 Å². The third kappa shape index (κ3) is 2.75. The average Bonchev–Trinajstić information content (AvgIpc) is 2.25. The molecular weight excluding hydrogens is 178 g/mol. The van der Waals surface area contributed by atoms with Gasteiger partial charge in [-0.2, -0.15) is 5.26 Å². The van der Waals surface area contributed by atoms with Crippen LogP contribution in [0.15, 0.2) is 24.3 Å². The van der Waals surface area contributed by atoms with E-state index in [0.29, 0.717) is 0 Å². The van der Waals surface area contributed by atoms with Gasteiger partial charge in [0, 0.05) is 7.11 Å². The van der Waals surface area contributed by atoms with Crippen molar-refractivity contribution in [3.8, 4) is 11.8 Å². The molecule has 0 saturated heterocycles. The second kappa shape index (κ2) is 5.25. The quantitative estimate of drug-likeness (QED) is 0.686. The van der Waals surface area contributed by atoms with Gasteiger partial charge >= 0.3 is 0 Å². The molecule has 0 aliphatic rings. The number of benzene rings is 1. The molecule has 0 spiro atoms. The van der Waals surface area contributed by atoms with Crippen LogP contribution >= 0.6 is 0 Å². The molecule has 0 radical (unpaired) electrons. The van der Waals surface area contributed by atoms with E-state index in [-0.39, 0.29) is 12.7 Å². The van der Waals surface area contributed by atoms with Gasteiger partial charge < -0.3 is 9.47 Å². The number of ether oxygens (including phenoxy) is 2. The third-order valence-electron chi connectivity index (χ3n) is 1.90. The molecule has 1 atom stereocenters. The van der Waals surface area contributed by atoms with Gasteiger partial charge in [0.1, 0.15) is 5.75 Å². The van der Waals surface area contributed by atoms with Crippen LogP contribution in [0.5, 0.6) is 5.75 Å². The van der Waals surface area contributed by atoms with Crippen molar-refractivity contribution in [3.63, 3.8) is 0 Å². The molecule has 0 amide bonds. The maximum Gasteiger partial charge on any atom is 0.188 e. The summed E-state index contributed by atoms with van der Waals surface area (Å²) in [4.78, 5) is 0. The molecule has 0 aliphatic heterocycles. The van der Waals surface area contributed by atoms with E-state index in [1.54, 1.807) is 7.11 Å². The normalized spacial score (nSPS) is 11.8. The Balaban J connectivity index is 2.74. The molecule has 1 unspecified atom stereocenters. The largest absolute Gasteiger partial charge is 0.468 e. The summed E-state index contributed by atoms with van der Waals surface area (Å²) >= 11 is 0. The number of nitriles is 1. The van der Waals surface area contributed by atoms with Crippen molar-refractivity contribution in [2.75, 3.05) is 13.9 Å². The van der Waals surface area contributed by atoms with Crippen LogP contribution < -0.4 is 4.74 Å². The molecule has 3 heteroatoms. The molecule has 0 heterocycles. The van der Waals surface area contributed by atoms with E-state index in [1.807, 2.05) is 31.2 Å². The third-order valence-corrected chi connectivity index (χ3v) is 1.90. The number of nitrogens with zero attached hydrogens (tertiary/aromatic N) is 1. The highest BCUT2D eigenvalue weighted by Crippen LogP contribution is 2.19. The first-order valence-corrected chi connectivity index (χ1v) is 4.39. The minimum Gasteiger partial charge on any atom is -0.468 e. The Morgan fingerprint density at radius 3 is 2.93 bits per heavy atom. The summed E-state index contributed by atoms with van der Waals surface area (Å²) in [6, 6.07) is 9.65. The maximum atomic E-state index is 8.74. The van der Waals surface area contributed by atoms with Crippen molar-refractivity contribution in [2.24, 2.45) is 0 Å². The van der Waals surface area contributed by atoms with Gasteiger partial charge in [0.25, 0.3) is 0 Å². The molecular formula is C11H13NO2. The monoisotopic (exact) mass is 191 g/mol. The molecule has 0 N–H and O–H groups in total. The minimum absolute atomic E-state index is 0.110. The minimum atomic E-state index is -0.110. The van der Waals surface area contributed by atoms with Crippen LogP contribution in [0.4, 0.5) is 0 Å². The average molecular weight is 191 g/mol. The Morgan fingerprint density at radius 2 is 2.29 bits per heavy atom. The van der Waals surface area contributed by atoms with Crippen LogP contribution in [0.1, 0.15) is 18.4 Å². The van der Waals surface area contributed by atoms with Crippen molar-refractivity contribution in [1.82, 2.24) is 0 Å². The standard InChI is InChI=1S/C11H13NO2/c1-9(7-12)10-4-3-5-11(6-10)14-8-13-2/h3-6,9H,8H2,1-2H3. The lowest BCUT2D eigenvalue weighted by atomic mass is 10.0. The second-order valence-corrected chi connectivity index (χ2v) is 2.97. The highest BCUT2D eigenvalue weighted by molar-refractivity contribution is 5.32. The van der Waals surface area contributed by atoms with Crippen LogP contribution in [-0.4, -0.2) is 13.9 Å². The predicted molar refractivity (Wildman–Crippen MR) is 53.0 cm³/mol. The van der Waals surface area contributed by atoms with E-state index < -0.39 is 0 Å². The van der Waals surface area contributed by atoms with E-state index in [2.05, 4.69) is 6.07 Å². The lowest BCUT2D eigenvalue weighted by Crippen LogP contribution is -1.99. The molecule has 0 aromatic heterocycles. The Hall–Kier alpha value is -1.53. The molecule has 0 saturated carbocycles. The Morgan fingerprint density at radius 1 is 1.50 bits per heavy atom. The highest BCUT2D eigenvalue weighted by atomic mass is 16.7. The molecule has 0 fully saturated rings. The lowest BCUT2D eigenvalue weighted by molar-refractivity contribution is 0.0511. The maximum absolute atomic E-state index is 8.74. The van der Waals surface area contributed by atoms with Crippen molar-refractivity contribution in [3.05, 3.63) is 29.8 Å². The fourth-order valence-electron chi connectivity index (χ4n) is 1.08. The Labute approximate surface area is 83.9 Å². The van der Waals surface area contributed by atoms with Crippen LogP contribution in [0.3, 0.4) is 0 Å². The fourth-order valence-corrected chi connectivity index (χ4v) is 1.08. The molecule has 1 aromatic rings. The number of rotatable bonds is 4. The van der Waals surface area contributed by atoms with E-state index in [0.717, 1.165) is 11.3 Å². The first kappa shape index (κ1) is 10.6. The van der Waals surface area contributed by atoms with E-state index in [4.69, 9.17) is 14.7 Å². The first-order valence-electron chi connectivity index (χ1n) is 4.39. The van der Waals surface area contributed by atoms with Crippen LogP contribution in [-0.2, 0) is 4.74 Å². The molecule has 1 rings (SSSR count). The van der Waals surface area contributed by atoms with Gasteiger partial charge in [0.2, 0.25) is 0 Å². The lowest BCUT2D eigenvalue weighted by Gasteiger charge is -2.07. The van der Waals surface area contributed by atoms with E-state index >= 15 is 0 Å². The van der Waals surface area contributed by atoms with Crippen LogP contribution in [0.25, 0.3) is 0 Å². The van der Waals surface area contributed by atoms with E-state index in [9.17, 15) is 0 Å². The molecule has 14 heavy (non-hydrogen) atoms.